The third-order valence-corrected chi connectivity index (χ3v) is 5.98. The maximum Gasteiger partial charge on any atom is 0.347 e. The SMILES string of the molecule is CCCCCCCCC[N+](C)(C)CCOC(=O)C(O)(c1ccccc1)c1ccccc1.[Br-]. The van der Waals surface area contributed by atoms with Gasteiger partial charge in [-0.15, -0.1) is 0 Å². The van der Waals surface area contributed by atoms with E-state index >= 15 is 0 Å². The number of benzene rings is 2. The van der Waals surface area contributed by atoms with Crippen molar-refractivity contribution in [1.29, 1.82) is 0 Å². The molecule has 0 aromatic heterocycles. The van der Waals surface area contributed by atoms with Crippen LogP contribution in [0, 0.1) is 0 Å². The predicted molar refractivity (Wildman–Crippen MR) is 127 cm³/mol. The highest BCUT2D eigenvalue weighted by Gasteiger charge is 2.41. The van der Waals surface area contributed by atoms with Crippen molar-refractivity contribution in [2.24, 2.45) is 0 Å². The van der Waals surface area contributed by atoms with E-state index in [-0.39, 0.29) is 23.6 Å². The van der Waals surface area contributed by atoms with E-state index in [9.17, 15) is 9.90 Å². The molecule has 0 amide bonds. The molecule has 0 aliphatic heterocycles. The summed E-state index contributed by atoms with van der Waals surface area (Å²) in [6.07, 6.45) is 9.04. The van der Waals surface area contributed by atoms with Gasteiger partial charge in [0.15, 0.2) is 0 Å². The Balaban J connectivity index is 0.00000512. The topological polar surface area (TPSA) is 46.5 Å². The van der Waals surface area contributed by atoms with Crippen LogP contribution in [0.4, 0.5) is 0 Å². The summed E-state index contributed by atoms with van der Waals surface area (Å²) in [6.45, 7) is 4.31. The molecule has 0 spiro atoms. The molecule has 32 heavy (non-hydrogen) atoms. The molecule has 2 aromatic carbocycles. The van der Waals surface area contributed by atoms with Crippen LogP contribution in [0.2, 0.25) is 0 Å². The monoisotopic (exact) mass is 505 g/mol. The fraction of sp³-hybridized carbons (Fsp3) is 0.519. The molecule has 0 unspecified atom stereocenters. The van der Waals surface area contributed by atoms with Gasteiger partial charge in [-0.3, -0.25) is 0 Å². The predicted octanol–water partition coefficient (Wildman–Crippen LogP) is 2.30. The molecular weight excluding hydrogens is 466 g/mol. The van der Waals surface area contributed by atoms with E-state index < -0.39 is 11.6 Å². The zero-order valence-corrected chi connectivity index (χ0v) is 21.5. The molecule has 0 atom stereocenters. The number of aliphatic hydroxyl groups is 1. The van der Waals surface area contributed by atoms with Crippen LogP contribution >= 0.6 is 0 Å². The number of hydrogen-bond donors (Lipinski definition) is 1. The van der Waals surface area contributed by atoms with Crippen molar-refractivity contribution >= 4 is 5.97 Å². The fourth-order valence-electron chi connectivity index (χ4n) is 3.86. The molecule has 0 fully saturated rings. The molecule has 0 bridgehead atoms. The maximum atomic E-state index is 13.1. The largest absolute Gasteiger partial charge is 1.00 e. The van der Waals surface area contributed by atoms with E-state index in [0.29, 0.717) is 11.1 Å². The number of rotatable bonds is 14. The first-order valence-electron chi connectivity index (χ1n) is 11.7. The first-order valence-corrected chi connectivity index (χ1v) is 11.7. The summed E-state index contributed by atoms with van der Waals surface area (Å²) >= 11 is 0. The molecule has 178 valence electrons. The Morgan fingerprint density at radius 2 is 1.28 bits per heavy atom. The van der Waals surface area contributed by atoms with Crippen molar-refractivity contribution in [2.45, 2.75) is 57.5 Å². The number of carbonyl (C=O) groups excluding carboxylic acids is 1. The highest BCUT2D eigenvalue weighted by molar-refractivity contribution is 5.85. The van der Waals surface area contributed by atoms with Crippen molar-refractivity contribution in [2.75, 3.05) is 33.8 Å². The number of ether oxygens (including phenoxy) is 1. The van der Waals surface area contributed by atoms with Gasteiger partial charge < -0.3 is 31.3 Å². The number of halogens is 1. The van der Waals surface area contributed by atoms with Gasteiger partial charge in [0.05, 0.1) is 20.6 Å². The molecule has 4 nitrogen and oxygen atoms in total. The lowest BCUT2D eigenvalue weighted by molar-refractivity contribution is -0.890. The minimum absolute atomic E-state index is 0. The second kappa shape index (κ2) is 14.5. The van der Waals surface area contributed by atoms with Gasteiger partial charge in [-0.05, 0) is 24.0 Å². The zero-order chi connectivity index (χ0) is 22.6. The van der Waals surface area contributed by atoms with Crippen LogP contribution in [-0.2, 0) is 15.1 Å². The third-order valence-electron chi connectivity index (χ3n) is 5.98. The van der Waals surface area contributed by atoms with E-state index in [1.54, 1.807) is 24.3 Å². The standard InChI is InChI=1S/C27H40NO3.BrH/c1-4-5-6-7-8-9-16-21-28(2,3)22-23-31-26(29)27(30,24-17-12-10-13-18-24)25-19-14-11-15-20-25;/h10-15,17-20,30H,4-9,16,21-23H2,1-3H3;1H/q+1;/p-1. The normalized spacial score (nSPS) is 11.6. The lowest BCUT2D eigenvalue weighted by Gasteiger charge is -2.31. The third kappa shape index (κ3) is 8.68. The average molecular weight is 507 g/mol. The summed E-state index contributed by atoms with van der Waals surface area (Å²) in [6, 6.07) is 18.0. The van der Waals surface area contributed by atoms with Crippen LogP contribution in [0.1, 0.15) is 63.0 Å². The van der Waals surface area contributed by atoms with Crippen molar-refractivity contribution in [3.8, 4) is 0 Å². The average Bonchev–Trinajstić information content (AvgIpc) is 2.79. The summed E-state index contributed by atoms with van der Waals surface area (Å²) in [4.78, 5) is 13.1. The van der Waals surface area contributed by atoms with E-state index in [0.717, 1.165) is 17.6 Å². The smallest absolute Gasteiger partial charge is 0.347 e. The summed E-state index contributed by atoms with van der Waals surface area (Å²) in [5, 5.41) is 11.4. The second-order valence-corrected chi connectivity index (χ2v) is 9.08. The van der Waals surface area contributed by atoms with Gasteiger partial charge in [-0.25, -0.2) is 4.79 Å². The first kappa shape index (κ1) is 28.3. The summed E-state index contributed by atoms with van der Waals surface area (Å²) < 4.78 is 6.42. The van der Waals surface area contributed by atoms with Crippen molar-refractivity contribution in [1.82, 2.24) is 0 Å². The number of likely N-dealkylation sites (N-methyl/N-ethyl adjacent to an activating group) is 1. The minimum Gasteiger partial charge on any atom is -1.00 e. The zero-order valence-electron chi connectivity index (χ0n) is 19.9. The van der Waals surface area contributed by atoms with E-state index in [1.165, 1.54) is 44.9 Å². The number of esters is 1. The van der Waals surface area contributed by atoms with Crippen molar-refractivity contribution in [3.63, 3.8) is 0 Å². The van der Waals surface area contributed by atoms with Crippen LogP contribution in [0.15, 0.2) is 60.7 Å². The number of hydrogen-bond acceptors (Lipinski definition) is 3. The Hall–Kier alpha value is -1.69. The molecule has 0 saturated heterocycles. The number of nitrogens with zero attached hydrogens (tertiary/aromatic N) is 1. The highest BCUT2D eigenvalue weighted by Crippen LogP contribution is 2.31. The van der Waals surface area contributed by atoms with Gasteiger partial charge in [0.1, 0.15) is 13.2 Å². The summed E-state index contributed by atoms with van der Waals surface area (Å²) in [5.74, 6) is -0.624. The molecule has 2 rings (SSSR count). The van der Waals surface area contributed by atoms with Crippen LogP contribution in [0.3, 0.4) is 0 Å². The number of unbranched alkanes of at least 4 members (excludes halogenated alkanes) is 6. The Labute approximate surface area is 205 Å². The quantitative estimate of drug-likeness (QED) is 0.243. The first-order chi connectivity index (χ1) is 14.9. The van der Waals surface area contributed by atoms with Gasteiger partial charge in [0.2, 0.25) is 5.60 Å². The summed E-state index contributed by atoms with van der Waals surface area (Å²) in [5.41, 5.74) is -0.774. The van der Waals surface area contributed by atoms with Gasteiger partial charge in [-0.1, -0.05) is 99.7 Å². The van der Waals surface area contributed by atoms with Gasteiger partial charge in [0, 0.05) is 0 Å². The van der Waals surface area contributed by atoms with Crippen LogP contribution in [0.5, 0.6) is 0 Å². The number of carbonyl (C=O) groups is 1. The maximum absolute atomic E-state index is 13.1. The lowest BCUT2D eigenvalue weighted by Crippen LogP contribution is -3.00. The molecule has 0 aliphatic rings. The highest BCUT2D eigenvalue weighted by atomic mass is 79.9. The van der Waals surface area contributed by atoms with Gasteiger partial charge in [-0.2, -0.15) is 0 Å². The molecule has 2 aromatic rings. The van der Waals surface area contributed by atoms with Crippen LogP contribution in [0.25, 0.3) is 0 Å². The summed E-state index contributed by atoms with van der Waals surface area (Å²) in [7, 11) is 4.34. The number of quaternary nitrogens is 1. The van der Waals surface area contributed by atoms with E-state index in [1.807, 2.05) is 36.4 Å². The molecule has 0 radical (unpaired) electrons. The molecule has 5 heteroatoms. The Morgan fingerprint density at radius 1 is 0.812 bits per heavy atom. The van der Waals surface area contributed by atoms with Crippen LogP contribution < -0.4 is 17.0 Å². The Kier molecular flexibility index (Phi) is 12.8. The second-order valence-electron chi connectivity index (χ2n) is 9.08. The Bertz CT molecular complexity index is 725. The van der Waals surface area contributed by atoms with Crippen molar-refractivity contribution < 1.29 is 36.1 Å². The minimum atomic E-state index is -1.81. The molecular formula is C27H40BrNO3. The molecule has 0 aliphatic carbocycles. The lowest BCUT2D eigenvalue weighted by atomic mass is 9.86. The van der Waals surface area contributed by atoms with E-state index in [4.69, 9.17) is 4.74 Å². The van der Waals surface area contributed by atoms with Crippen molar-refractivity contribution in [3.05, 3.63) is 71.8 Å². The Morgan fingerprint density at radius 3 is 1.78 bits per heavy atom. The van der Waals surface area contributed by atoms with E-state index in [2.05, 4.69) is 21.0 Å². The molecule has 0 heterocycles. The molecule has 0 saturated carbocycles. The van der Waals surface area contributed by atoms with Gasteiger partial charge in [0.25, 0.3) is 0 Å². The molecule has 1 N–H and O–H groups in total. The van der Waals surface area contributed by atoms with Gasteiger partial charge >= 0.3 is 5.97 Å². The fourth-order valence-corrected chi connectivity index (χ4v) is 3.86. The van der Waals surface area contributed by atoms with Crippen LogP contribution in [-0.4, -0.2) is 49.4 Å².